The number of benzene rings is 1. The molecule has 0 aliphatic carbocycles. The van der Waals surface area contributed by atoms with E-state index >= 15 is 0 Å². The molecule has 0 fully saturated rings. The van der Waals surface area contributed by atoms with Gasteiger partial charge in [0.05, 0.1) is 7.11 Å². The Kier molecular flexibility index (Phi) is 3.45. The molecule has 0 radical (unpaired) electrons. The number of rotatable bonds is 3. The molecular weight excluding hydrogens is 185 g/mol. The second-order valence-electron chi connectivity index (χ2n) is 2.94. The molecule has 0 aliphatic rings. The van der Waals surface area contributed by atoms with Crippen LogP contribution >= 0.6 is 0 Å². The van der Waals surface area contributed by atoms with Crippen molar-refractivity contribution in [2.45, 2.75) is 12.6 Å². The fraction of sp³-hybridized carbons (Fsp3) is 0.300. The molecule has 1 atom stereocenters. The highest BCUT2D eigenvalue weighted by atomic mass is 19.1. The molecule has 4 heteroatoms. The van der Waals surface area contributed by atoms with Gasteiger partial charge in [-0.1, -0.05) is 12.1 Å². The minimum Gasteiger partial charge on any atom is -0.467 e. The van der Waals surface area contributed by atoms with Gasteiger partial charge in [-0.05, 0) is 17.7 Å². The summed E-state index contributed by atoms with van der Waals surface area (Å²) < 4.78 is 17.3. The van der Waals surface area contributed by atoms with Gasteiger partial charge in [-0.15, -0.1) is 0 Å². The summed E-state index contributed by atoms with van der Waals surface area (Å²) >= 11 is 0. The van der Waals surface area contributed by atoms with Crippen LogP contribution in [-0.4, -0.2) is 19.3 Å². The Labute approximate surface area is 81.7 Å². The van der Waals surface area contributed by atoms with E-state index in [1.165, 1.54) is 0 Å². The van der Waals surface area contributed by atoms with Crippen molar-refractivity contribution in [3.63, 3.8) is 0 Å². The zero-order valence-electron chi connectivity index (χ0n) is 7.87. The maximum Gasteiger partial charge on any atom is 0.340 e. The average molecular weight is 197 g/mol. The third kappa shape index (κ3) is 2.73. The molecule has 14 heavy (non-hydrogen) atoms. The number of methoxy groups -OCH3 is 1. The minimum absolute atomic E-state index is 0.0208. The number of carbonyl (C=O) groups is 1. The number of nitrogens with two attached hydrogens (primary N) is 1. The van der Waals surface area contributed by atoms with Crippen LogP contribution in [0.5, 0.6) is 0 Å². The van der Waals surface area contributed by atoms with Crippen LogP contribution in [0.3, 0.4) is 0 Å². The van der Waals surface area contributed by atoms with Gasteiger partial charge in [0.15, 0.2) is 0 Å². The monoisotopic (exact) mass is 197 g/mol. The van der Waals surface area contributed by atoms with Gasteiger partial charge in [-0.3, -0.25) is 0 Å². The van der Waals surface area contributed by atoms with Crippen LogP contribution in [-0.2, 0) is 16.0 Å². The van der Waals surface area contributed by atoms with Crippen LogP contribution in [0.1, 0.15) is 5.56 Å². The van der Waals surface area contributed by atoms with Gasteiger partial charge < -0.3 is 10.5 Å². The summed E-state index contributed by atoms with van der Waals surface area (Å²) in [7, 11) is 1.16. The van der Waals surface area contributed by atoms with Gasteiger partial charge in [0.1, 0.15) is 0 Å². The highest BCUT2D eigenvalue weighted by Gasteiger charge is 2.17. The fourth-order valence-corrected chi connectivity index (χ4v) is 1.07. The number of hydrogen-bond acceptors (Lipinski definition) is 3. The molecule has 3 nitrogen and oxygen atoms in total. The Morgan fingerprint density at radius 2 is 2.07 bits per heavy atom. The highest BCUT2D eigenvalue weighted by Crippen LogP contribution is 2.10. The number of carbonyl (C=O) groups excluding carboxylic acids is 1. The lowest BCUT2D eigenvalue weighted by molar-refractivity contribution is -0.146. The van der Waals surface area contributed by atoms with E-state index in [4.69, 9.17) is 5.73 Å². The summed E-state index contributed by atoms with van der Waals surface area (Å²) in [6.07, 6.45) is -1.59. The molecule has 1 rings (SSSR count). The molecule has 0 aromatic heterocycles. The van der Waals surface area contributed by atoms with Crippen LogP contribution in [0.25, 0.3) is 0 Å². The van der Waals surface area contributed by atoms with Crippen molar-refractivity contribution in [2.24, 2.45) is 0 Å². The summed E-state index contributed by atoms with van der Waals surface area (Å²) in [6.45, 7) is 0. The zero-order chi connectivity index (χ0) is 10.6. The summed E-state index contributed by atoms with van der Waals surface area (Å²) in [5.74, 6) is -0.846. The molecule has 76 valence electrons. The van der Waals surface area contributed by atoms with Gasteiger partial charge in [0.2, 0.25) is 6.17 Å². The predicted octanol–water partition coefficient (Wildman–Crippen LogP) is 1.32. The standard InChI is InChI=1S/C10H12FNO2/c1-14-10(13)9(11)6-7-2-4-8(12)5-3-7/h2-5,9H,6,12H2,1H3. The summed E-state index contributed by atoms with van der Waals surface area (Å²) in [5, 5.41) is 0. The lowest BCUT2D eigenvalue weighted by Gasteiger charge is -2.05. The van der Waals surface area contributed by atoms with Crippen molar-refractivity contribution in [2.75, 3.05) is 12.8 Å². The molecule has 1 unspecified atom stereocenters. The van der Waals surface area contributed by atoms with Crippen molar-refractivity contribution in [3.8, 4) is 0 Å². The number of alkyl halides is 1. The number of hydrogen-bond donors (Lipinski definition) is 1. The Balaban J connectivity index is 2.60. The molecule has 0 saturated carbocycles. The smallest absolute Gasteiger partial charge is 0.340 e. The van der Waals surface area contributed by atoms with Crippen LogP contribution in [0.2, 0.25) is 0 Å². The maximum atomic E-state index is 13.1. The van der Waals surface area contributed by atoms with Crippen LogP contribution in [0.4, 0.5) is 10.1 Å². The number of halogens is 1. The molecule has 1 aromatic carbocycles. The van der Waals surface area contributed by atoms with Crippen molar-refractivity contribution in [1.82, 2.24) is 0 Å². The molecule has 0 aliphatic heterocycles. The van der Waals surface area contributed by atoms with Gasteiger partial charge in [0.25, 0.3) is 0 Å². The second kappa shape index (κ2) is 4.60. The Hall–Kier alpha value is -1.58. The van der Waals surface area contributed by atoms with Gasteiger partial charge >= 0.3 is 5.97 Å². The maximum absolute atomic E-state index is 13.1. The minimum atomic E-state index is -1.61. The number of esters is 1. The Bertz CT molecular complexity index is 310. The third-order valence-corrected chi connectivity index (χ3v) is 1.85. The first-order chi connectivity index (χ1) is 6.63. The summed E-state index contributed by atoms with van der Waals surface area (Å²) in [4.78, 5) is 10.8. The normalized spacial score (nSPS) is 12.1. The van der Waals surface area contributed by atoms with Gasteiger partial charge in [-0.25, -0.2) is 9.18 Å². The quantitative estimate of drug-likeness (QED) is 0.587. The molecule has 1 aromatic rings. The largest absolute Gasteiger partial charge is 0.467 e. The predicted molar refractivity (Wildman–Crippen MR) is 51.5 cm³/mol. The van der Waals surface area contributed by atoms with Crippen molar-refractivity contribution in [1.29, 1.82) is 0 Å². The molecule has 2 N–H and O–H groups in total. The summed E-state index contributed by atoms with van der Waals surface area (Å²) in [6, 6.07) is 6.70. The molecular formula is C10H12FNO2. The van der Waals surface area contributed by atoms with Crippen LogP contribution in [0.15, 0.2) is 24.3 Å². The van der Waals surface area contributed by atoms with Crippen molar-refractivity contribution < 1.29 is 13.9 Å². The molecule has 0 bridgehead atoms. The molecule has 0 heterocycles. The van der Waals surface area contributed by atoms with Crippen LogP contribution < -0.4 is 5.73 Å². The SMILES string of the molecule is COC(=O)C(F)Cc1ccc(N)cc1. The van der Waals surface area contributed by atoms with E-state index < -0.39 is 12.1 Å². The number of nitrogen functional groups attached to an aromatic ring is 1. The second-order valence-corrected chi connectivity index (χ2v) is 2.94. The van der Waals surface area contributed by atoms with Crippen molar-refractivity contribution >= 4 is 11.7 Å². The van der Waals surface area contributed by atoms with E-state index in [2.05, 4.69) is 4.74 Å². The average Bonchev–Trinajstić information content (AvgIpc) is 2.20. The van der Waals surface area contributed by atoms with E-state index in [0.29, 0.717) is 5.69 Å². The molecule has 0 saturated heterocycles. The van der Waals surface area contributed by atoms with E-state index in [9.17, 15) is 9.18 Å². The first-order valence-electron chi connectivity index (χ1n) is 4.20. The first-order valence-corrected chi connectivity index (χ1v) is 4.20. The molecule has 0 amide bonds. The Morgan fingerprint density at radius 1 is 1.50 bits per heavy atom. The lowest BCUT2D eigenvalue weighted by Crippen LogP contribution is -2.19. The van der Waals surface area contributed by atoms with E-state index in [-0.39, 0.29) is 6.42 Å². The highest BCUT2D eigenvalue weighted by molar-refractivity contribution is 5.74. The van der Waals surface area contributed by atoms with Crippen LogP contribution in [0, 0.1) is 0 Å². The Morgan fingerprint density at radius 3 is 2.57 bits per heavy atom. The zero-order valence-corrected chi connectivity index (χ0v) is 7.87. The number of anilines is 1. The summed E-state index contributed by atoms with van der Waals surface area (Å²) in [5.41, 5.74) is 6.79. The first kappa shape index (κ1) is 10.5. The number of ether oxygens (including phenoxy) is 1. The lowest BCUT2D eigenvalue weighted by atomic mass is 10.1. The van der Waals surface area contributed by atoms with E-state index in [1.807, 2.05) is 0 Å². The van der Waals surface area contributed by atoms with E-state index in [0.717, 1.165) is 12.7 Å². The molecule has 0 spiro atoms. The third-order valence-electron chi connectivity index (χ3n) is 1.85. The van der Waals surface area contributed by atoms with Gasteiger partial charge in [0, 0.05) is 12.1 Å². The van der Waals surface area contributed by atoms with E-state index in [1.54, 1.807) is 24.3 Å². The van der Waals surface area contributed by atoms with Gasteiger partial charge in [-0.2, -0.15) is 0 Å². The van der Waals surface area contributed by atoms with Crippen molar-refractivity contribution in [3.05, 3.63) is 29.8 Å². The fourth-order valence-electron chi connectivity index (χ4n) is 1.07. The topological polar surface area (TPSA) is 52.3 Å².